The number of methoxy groups -OCH3 is 1. The van der Waals surface area contributed by atoms with Gasteiger partial charge in [0.25, 0.3) is 5.56 Å². The highest BCUT2D eigenvalue weighted by Crippen LogP contribution is 2.21. The Morgan fingerprint density at radius 3 is 2.77 bits per heavy atom. The largest absolute Gasteiger partial charge is 0.411 e. The fourth-order valence-electron chi connectivity index (χ4n) is 2.23. The summed E-state index contributed by atoms with van der Waals surface area (Å²) in [5, 5.41) is 1.30. The van der Waals surface area contributed by atoms with Crippen molar-refractivity contribution in [3.8, 4) is 0 Å². The number of alkyl halides is 3. The minimum Gasteiger partial charge on any atom is -0.385 e. The molecule has 5 nitrogen and oxygen atoms in total. The second-order valence-electron chi connectivity index (χ2n) is 5.38. The van der Waals surface area contributed by atoms with Crippen LogP contribution in [-0.2, 0) is 16.0 Å². The third-order valence-corrected chi connectivity index (χ3v) is 4.51. The van der Waals surface area contributed by atoms with Crippen LogP contribution in [-0.4, -0.2) is 48.4 Å². The Kier molecular flexibility index (Phi) is 7.75. The van der Waals surface area contributed by atoms with E-state index in [9.17, 15) is 18.0 Å². The molecule has 26 heavy (non-hydrogen) atoms. The minimum atomic E-state index is -4.36. The number of aromatic nitrogens is 2. The second kappa shape index (κ2) is 9.59. The molecular formula is C16H18ClF3N2O3S. The first-order valence-electron chi connectivity index (χ1n) is 7.78. The average Bonchev–Trinajstić information content (AvgIpc) is 2.56. The molecule has 0 bridgehead atoms. The Morgan fingerprint density at radius 2 is 2.08 bits per heavy atom. The van der Waals surface area contributed by atoms with Crippen molar-refractivity contribution >= 4 is 34.3 Å². The normalized spacial score (nSPS) is 12.0. The molecule has 1 aromatic carbocycles. The van der Waals surface area contributed by atoms with E-state index in [1.165, 1.54) is 16.3 Å². The molecule has 0 saturated heterocycles. The molecule has 0 N–H and O–H groups in total. The van der Waals surface area contributed by atoms with Crippen molar-refractivity contribution in [1.29, 1.82) is 0 Å². The molecule has 2 aromatic rings. The Labute approximate surface area is 157 Å². The number of benzene rings is 1. The summed E-state index contributed by atoms with van der Waals surface area (Å²) >= 11 is 7.12. The molecule has 0 saturated carbocycles. The third kappa shape index (κ3) is 6.15. The van der Waals surface area contributed by atoms with Crippen LogP contribution in [0.25, 0.3) is 10.9 Å². The number of thioether (sulfide) groups is 1. The maximum absolute atomic E-state index is 12.7. The van der Waals surface area contributed by atoms with E-state index in [4.69, 9.17) is 16.3 Å². The van der Waals surface area contributed by atoms with Gasteiger partial charge in [-0.3, -0.25) is 9.36 Å². The van der Waals surface area contributed by atoms with Crippen LogP contribution in [0.3, 0.4) is 0 Å². The molecular weight excluding hydrogens is 393 g/mol. The number of nitrogens with zero attached hydrogens (tertiary/aromatic N) is 2. The number of rotatable bonds is 9. The van der Waals surface area contributed by atoms with Crippen LogP contribution < -0.4 is 5.56 Å². The van der Waals surface area contributed by atoms with Crippen molar-refractivity contribution in [3.63, 3.8) is 0 Å². The van der Waals surface area contributed by atoms with Crippen molar-refractivity contribution in [3.05, 3.63) is 33.6 Å². The van der Waals surface area contributed by atoms with Crippen molar-refractivity contribution in [2.24, 2.45) is 0 Å². The fourth-order valence-corrected chi connectivity index (χ4v) is 3.27. The van der Waals surface area contributed by atoms with Gasteiger partial charge in [-0.1, -0.05) is 23.4 Å². The van der Waals surface area contributed by atoms with Gasteiger partial charge < -0.3 is 9.47 Å². The average molecular weight is 411 g/mol. The molecule has 0 aliphatic carbocycles. The molecule has 0 unspecified atom stereocenters. The van der Waals surface area contributed by atoms with Crippen LogP contribution >= 0.6 is 23.4 Å². The van der Waals surface area contributed by atoms with Crippen molar-refractivity contribution in [1.82, 2.24) is 9.55 Å². The van der Waals surface area contributed by atoms with E-state index in [-0.39, 0.29) is 17.9 Å². The lowest BCUT2D eigenvalue weighted by atomic mass is 10.2. The highest BCUT2D eigenvalue weighted by molar-refractivity contribution is 7.99. The number of halogens is 4. The van der Waals surface area contributed by atoms with E-state index in [0.29, 0.717) is 40.7 Å². The Hall–Kier alpha value is -1.29. The molecule has 0 atom stereocenters. The van der Waals surface area contributed by atoms with Gasteiger partial charge in [0.05, 0.1) is 17.5 Å². The van der Waals surface area contributed by atoms with Crippen LogP contribution in [0.2, 0.25) is 5.02 Å². The van der Waals surface area contributed by atoms with Crippen molar-refractivity contribution in [2.45, 2.75) is 24.3 Å². The highest BCUT2D eigenvalue weighted by atomic mass is 35.5. The smallest absolute Gasteiger partial charge is 0.385 e. The number of hydrogen-bond acceptors (Lipinski definition) is 5. The van der Waals surface area contributed by atoms with Gasteiger partial charge in [-0.05, 0) is 24.6 Å². The quantitative estimate of drug-likeness (QED) is 0.358. The summed E-state index contributed by atoms with van der Waals surface area (Å²) in [7, 11) is 1.57. The lowest BCUT2D eigenvalue weighted by Crippen LogP contribution is -2.24. The zero-order chi connectivity index (χ0) is 19.2. The lowest BCUT2D eigenvalue weighted by molar-refractivity contribution is -0.172. The van der Waals surface area contributed by atoms with Crippen molar-refractivity contribution in [2.75, 3.05) is 32.7 Å². The van der Waals surface area contributed by atoms with E-state index in [2.05, 4.69) is 9.72 Å². The maximum atomic E-state index is 12.7. The van der Waals surface area contributed by atoms with Gasteiger partial charge in [0.2, 0.25) is 0 Å². The number of hydrogen-bond donors (Lipinski definition) is 0. The fraction of sp³-hybridized carbons (Fsp3) is 0.500. The summed E-state index contributed by atoms with van der Waals surface area (Å²) in [6.45, 7) is -0.533. The van der Waals surface area contributed by atoms with E-state index in [1.54, 1.807) is 25.3 Å². The monoisotopic (exact) mass is 410 g/mol. The van der Waals surface area contributed by atoms with Crippen LogP contribution in [0, 0.1) is 0 Å². The van der Waals surface area contributed by atoms with E-state index < -0.39 is 12.8 Å². The summed E-state index contributed by atoms with van der Waals surface area (Å²) in [5.74, 6) is 0.235. The van der Waals surface area contributed by atoms with Crippen LogP contribution in [0.1, 0.15) is 6.42 Å². The van der Waals surface area contributed by atoms with Gasteiger partial charge in [0.1, 0.15) is 6.61 Å². The topological polar surface area (TPSA) is 53.4 Å². The van der Waals surface area contributed by atoms with Gasteiger partial charge in [-0.25, -0.2) is 4.98 Å². The summed E-state index contributed by atoms with van der Waals surface area (Å²) in [5.41, 5.74) is 0.227. The van der Waals surface area contributed by atoms with Gasteiger partial charge in [-0.15, -0.1) is 0 Å². The summed E-state index contributed by atoms with van der Waals surface area (Å²) in [6.07, 6.45) is -3.75. The van der Waals surface area contributed by atoms with Crippen LogP contribution in [0.4, 0.5) is 13.2 Å². The molecule has 1 heterocycles. The van der Waals surface area contributed by atoms with Crippen LogP contribution in [0.5, 0.6) is 0 Å². The summed E-state index contributed by atoms with van der Waals surface area (Å²) in [4.78, 5) is 17.2. The molecule has 0 radical (unpaired) electrons. The van der Waals surface area contributed by atoms with Gasteiger partial charge >= 0.3 is 6.18 Å². The minimum absolute atomic E-state index is 0.105. The van der Waals surface area contributed by atoms with Gasteiger partial charge in [-0.2, -0.15) is 13.2 Å². The van der Waals surface area contributed by atoms with Crippen LogP contribution in [0.15, 0.2) is 28.2 Å². The number of fused-ring (bicyclic) bond motifs is 1. The predicted molar refractivity (Wildman–Crippen MR) is 95.1 cm³/mol. The molecule has 0 aliphatic heterocycles. The van der Waals surface area contributed by atoms with E-state index in [1.807, 2.05) is 0 Å². The molecule has 0 spiro atoms. The maximum Gasteiger partial charge on any atom is 0.411 e. The lowest BCUT2D eigenvalue weighted by Gasteiger charge is -2.13. The third-order valence-electron chi connectivity index (χ3n) is 3.34. The second-order valence-corrected chi connectivity index (χ2v) is 6.87. The molecule has 0 fully saturated rings. The first kappa shape index (κ1) is 21.0. The van der Waals surface area contributed by atoms with Gasteiger partial charge in [0, 0.05) is 31.0 Å². The van der Waals surface area contributed by atoms with Crippen molar-refractivity contribution < 1.29 is 22.6 Å². The molecule has 10 heteroatoms. The molecule has 0 aliphatic rings. The highest BCUT2D eigenvalue weighted by Gasteiger charge is 2.27. The molecule has 2 rings (SSSR count). The first-order chi connectivity index (χ1) is 12.3. The Morgan fingerprint density at radius 1 is 1.31 bits per heavy atom. The number of ether oxygens (including phenoxy) is 2. The standard InChI is InChI=1S/C16H18ClF3N2O3S/c1-24-6-2-5-22-14(23)12-4-3-11(17)9-13(12)21-15(22)26-8-7-25-10-16(18,19)20/h3-4,9H,2,5-8,10H2,1H3. The first-order valence-corrected chi connectivity index (χ1v) is 9.14. The molecule has 1 aromatic heterocycles. The SMILES string of the molecule is COCCCn1c(SCCOCC(F)(F)F)nc2cc(Cl)ccc2c1=O. The molecule has 0 amide bonds. The summed E-state index contributed by atoms with van der Waals surface area (Å²) < 4.78 is 47.4. The predicted octanol–water partition coefficient (Wildman–Crippen LogP) is 3.76. The zero-order valence-corrected chi connectivity index (χ0v) is 15.6. The Balaban J connectivity index is 2.18. The van der Waals surface area contributed by atoms with Gasteiger partial charge in [0.15, 0.2) is 5.16 Å². The Bertz CT molecular complexity index is 799. The zero-order valence-electron chi connectivity index (χ0n) is 14.0. The van der Waals surface area contributed by atoms with E-state index >= 15 is 0 Å². The summed E-state index contributed by atoms with van der Waals surface area (Å²) in [6, 6.07) is 4.81. The molecule has 144 valence electrons. The van der Waals surface area contributed by atoms with E-state index in [0.717, 1.165) is 0 Å².